The molecule has 10 nitrogen and oxygen atoms in total. The second-order valence-corrected chi connectivity index (χ2v) is 9.32. The lowest BCUT2D eigenvalue weighted by Gasteiger charge is -2.19. The van der Waals surface area contributed by atoms with E-state index < -0.39 is 17.9 Å². The SMILES string of the molecule is CCOC(=O)[C@@H](NC(=O)c1cnc(-c2cccc(-c3cc(C(=O)N[C@H](C)C4CC4)[nH]n3)c2)o1)C(C)C. The molecule has 190 valence electrons. The van der Waals surface area contributed by atoms with E-state index >= 15 is 0 Å². The van der Waals surface area contributed by atoms with Gasteiger partial charge >= 0.3 is 5.97 Å². The first kappa shape index (κ1) is 25.2. The minimum Gasteiger partial charge on any atom is -0.464 e. The third-order valence-electron chi connectivity index (χ3n) is 6.14. The summed E-state index contributed by atoms with van der Waals surface area (Å²) in [5.74, 6) is -0.621. The maximum atomic E-state index is 12.7. The van der Waals surface area contributed by atoms with Gasteiger partial charge in [0.15, 0.2) is 0 Å². The van der Waals surface area contributed by atoms with Crippen LogP contribution in [0.15, 0.2) is 40.9 Å². The van der Waals surface area contributed by atoms with Gasteiger partial charge in [-0.15, -0.1) is 0 Å². The number of amides is 2. The number of aromatic amines is 1. The van der Waals surface area contributed by atoms with Crippen LogP contribution in [0.2, 0.25) is 0 Å². The van der Waals surface area contributed by atoms with Crippen molar-refractivity contribution in [3.8, 4) is 22.7 Å². The Labute approximate surface area is 209 Å². The van der Waals surface area contributed by atoms with Crippen molar-refractivity contribution < 1.29 is 23.5 Å². The average Bonchev–Trinajstić information content (AvgIpc) is 3.38. The molecule has 1 aliphatic rings. The standard InChI is InChI=1S/C26H31N5O5/c1-5-35-26(34)22(14(2)3)29-24(33)21-13-27-25(36-21)18-8-6-7-17(11-18)19-12-20(31-30-19)23(32)28-15(4)16-9-10-16/h6-8,11-16,22H,5,9-10H2,1-4H3,(H,28,32)(H,29,33)(H,30,31)/t15-,22+/m1/s1. The second kappa shape index (κ2) is 10.8. The van der Waals surface area contributed by atoms with Crippen molar-refractivity contribution in [3.63, 3.8) is 0 Å². The number of esters is 1. The summed E-state index contributed by atoms with van der Waals surface area (Å²) in [6, 6.07) is 8.32. The minimum absolute atomic E-state index is 0.0196. The van der Waals surface area contributed by atoms with E-state index in [0.29, 0.717) is 22.9 Å². The number of hydrogen-bond donors (Lipinski definition) is 3. The van der Waals surface area contributed by atoms with E-state index in [0.717, 1.165) is 18.4 Å². The Bertz CT molecular complexity index is 1240. The van der Waals surface area contributed by atoms with Crippen LogP contribution in [0.5, 0.6) is 0 Å². The van der Waals surface area contributed by atoms with Gasteiger partial charge in [0.25, 0.3) is 11.8 Å². The predicted octanol–water partition coefficient (Wildman–Crippen LogP) is 3.58. The van der Waals surface area contributed by atoms with Gasteiger partial charge in [-0.2, -0.15) is 5.10 Å². The molecule has 2 aromatic heterocycles. The fourth-order valence-electron chi connectivity index (χ4n) is 3.85. The molecule has 0 spiro atoms. The number of H-pyrrole nitrogens is 1. The quantitative estimate of drug-likeness (QED) is 0.367. The van der Waals surface area contributed by atoms with Crippen molar-refractivity contribution >= 4 is 17.8 Å². The maximum absolute atomic E-state index is 12.7. The number of nitrogens with one attached hydrogen (secondary N) is 3. The third-order valence-corrected chi connectivity index (χ3v) is 6.14. The predicted molar refractivity (Wildman–Crippen MR) is 132 cm³/mol. The molecule has 3 N–H and O–H groups in total. The monoisotopic (exact) mass is 493 g/mol. The van der Waals surface area contributed by atoms with E-state index in [4.69, 9.17) is 9.15 Å². The van der Waals surface area contributed by atoms with Gasteiger partial charge < -0.3 is 19.8 Å². The Morgan fingerprint density at radius 2 is 1.86 bits per heavy atom. The molecule has 1 fully saturated rings. The van der Waals surface area contributed by atoms with Gasteiger partial charge in [0.1, 0.15) is 11.7 Å². The summed E-state index contributed by atoms with van der Waals surface area (Å²) in [6.45, 7) is 7.58. The summed E-state index contributed by atoms with van der Waals surface area (Å²) in [7, 11) is 0. The lowest BCUT2D eigenvalue weighted by atomic mass is 10.0. The molecule has 2 atom stereocenters. The molecule has 10 heteroatoms. The zero-order valence-corrected chi connectivity index (χ0v) is 20.8. The van der Waals surface area contributed by atoms with Crippen LogP contribution in [-0.4, -0.2) is 51.7 Å². The van der Waals surface area contributed by atoms with Crippen LogP contribution < -0.4 is 10.6 Å². The summed E-state index contributed by atoms with van der Waals surface area (Å²) in [5.41, 5.74) is 2.37. The smallest absolute Gasteiger partial charge is 0.328 e. The molecular formula is C26H31N5O5. The highest BCUT2D eigenvalue weighted by Crippen LogP contribution is 2.32. The van der Waals surface area contributed by atoms with Gasteiger partial charge in [-0.3, -0.25) is 14.7 Å². The van der Waals surface area contributed by atoms with Crippen LogP contribution in [0.1, 0.15) is 61.6 Å². The molecule has 0 bridgehead atoms. The summed E-state index contributed by atoms with van der Waals surface area (Å²) >= 11 is 0. The zero-order valence-electron chi connectivity index (χ0n) is 20.8. The van der Waals surface area contributed by atoms with E-state index in [9.17, 15) is 14.4 Å². The van der Waals surface area contributed by atoms with Crippen LogP contribution in [-0.2, 0) is 9.53 Å². The molecule has 36 heavy (non-hydrogen) atoms. The summed E-state index contributed by atoms with van der Waals surface area (Å²) in [6.07, 6.45) is 3.62. The van der Waals surface area contributed by atoms with Gasteiger partial charge in [0, 0.05) is 17.2 Å². The molecule has 2 amide bonds. The van der Waals surface area contributed by atoms with Crippen molar-refractivity contribution in [2.24, 2.45) is 11.8 Å². The van der Waals surface area contributed by atoms with Crippen molar-refractivity contribution in [2.75, 3.05) is 6.61 Å². The fourth-order valence-corrected chi connectivity index (χ4v) is 3.85. The van der Waals surface area contributed by atoms with E-state index in [1.807, 2.05) is 39.0 Å². The second-order valence-electron chi connectivity index (χ2n) is 9.32. The van der Waals surface area contributed by atoms with Crippen molar-refractivity contribution in [2.45, 2.75) is 52.6 Å². The lowest BCUT2D eigenvalue weighted by molar-refractivity contribution is -0.146. The molecule has 3 aromatic rings. The van der Waals surface area contributed by atoms with Crippen LogP contribution in [0.25, 0.3) is 22.7 Å². The molecule has 0 saturated heterocycles. The molecule has 1 aliphatic carbocycles. The van der Waals surface area contributed by atoms with Crippen molar-refractivity contribution in [3.05, 3.63) is 48.0 Å². The Kier molecular flexibility index (Phi) is 7.52. The van der Waals surface area contributed by atoms with Crippen LogP contribution in [0.4, 0.5) is 0 Å². The normalized spacial score (nSPS) is 14.8. The van der Waals surface area contributed by atoms with E-state index in [-0.39, 0.29) is 36.1 Å². The highest BCUT2D eigenvalue weighted by atomic mass is 16.5. The van der Waals surface area contributed by atoms with Gasteiger partial charge in [-0.05, 0) is 56.7 Å². The Hall–Kier alpha value is -3.95. The number of aromatic nitrogens is 3. The fraction of sp³-hybridized carbons (Fsp3) is 0.423. The van der Waals surface area contributed by atoms with Gasteiger partial charge in [-0.25, -0.2) is 9.78 Å². The maximum Gasteiger partial charge on any atom is 0.328 e. The molecule has 0 radical (unpaired) electrons. The van der Waals surface area contributed by atoms with Gasteiger partial charge in [-0.1, -0.05) is 26.0 Å². The Morgan fingerprint density at radius 3 is 2.56 bits per heavy atom. The number of hydrogen-bond acceptors (Lipinski definition) is 7. The number of carbonyl (C=O) groups is 3. The summed E-state index contributed by atoms with van der Waals surface area (Å²) in [4.78, 5) is 41.6. The molecule has 4 rings (SSSR count). The number of carbonyl (C=O) groups excluding carboxylic acids is 3. The number of benzene rings is 1. The van der Waals surface area contributed by atoms with Crippen LogP contribution >= 0.6 is 0 Å². The van der Waals surface area contributed by atoms with Gasteiger partial charge in [0.2, 0.25) is 11.7 Å². The highest BCUT2D eigenvalue weighted by molar-refractivity contribution is 5.95. The first-order valence-corrected chi connectivity index (χ1v) is 12.2. The highest BCUT2D eigenvalue weighted by Gasteiger charge is 2.30. The zero-order chi connectivity index (χ0) is 25.8. The third kappa shape index (κ3) is 5.81. The van der Waals surface area contributed by atoms with Crippen molar-refractivity contribution in [1.82, 2.24) is 25.8 Å². The molecular weight excluding hydrogens is 462 g/mol. The first-order chi connectivity index (χ1) is 17.3. The van der Waals surface area contributed by atoms with E-state index in [1.54, 1.807) is 19.1 Å². The molecule has 0 unspecified atom stereocenters. The van der Waals surface area contributed by atoms with Crippen LogP contribution in [0, 0.1) is 11.8 Å². The van der Waals surface area contributed by atoms with E-state index in [1.165, 1.54) is 6.20 Å². The molecule has 0 aliphatic heterocycles. The largest absolute Gasteiger partial charge is 0.464 e. The molecule has 1 saturated carbocycles. The molecule has 2 heterocycles. The number of rotatable bonds is 10. The lowest BCUT2D eigenvalue weighted by Crippen LogP contribution is -2.45. The summed E-state index contributed by atoms with van der Waals surface area (Å²) < 4.78 is 10.7. The average molecular weight is 494 g/mol. The number of nitrogens with zero attached hydrogens (tertiary/aromatic N) is 2. The first-order valence-electron chi connectivity index (χ1n) is 12.2. The number of oxazole rings is 1. The molecule has 1 aromatic carbocycles. The van der Waals surface area contributed by atoms with Crippen LogP contribution in [0.3, 0.4) is 0 Å². The Morgan fingerprint density at radius 1 is 1.11 bits per heavy atom. The van der Waals surface area contributed by atoms with Crippen molar-refractivity contribution in [1.29, 1.82) is 0 Å². The number of ether oxygens (including phenoxy) is 1. The summed E-state index contributed by atoms with van der Waals surface area (Å²) in [5, 5.41) is 12.7. The Balaban J connectivity index is 1.46. The van der Waals surface area contributed by atoms with Gasteiger partial charge in [0.05, 0.1) is 18.5 Å². The van der Waals surface area contributed by atoms with E-state index in [2.05, 4.69) is 25.8 Å². The minimum atomic E-state index is -0.798. The topological polar surface area (TPSA) is 139 Å².